The lowest BCUT2D eigenvalue weighted by molar-refractivity contribution is 0.394. The molecule has 0 saturated heterocycles. The summed E-state index contributed by atoms with van der Waals surface area (Å²) in [5, 5.41) is 7.57. The quantitative estimate of drug-likeness (QED) is 0.144. The maximum absolute atomic E-state index is 2.47. The van der Waals surface area contributed by atoms with Crippen molar-refractivity contribution in [3.05, 3.63) is 247 Å². The lowest BCUT2D eigenvalue weighted by Crippen LogP contribution is -2.24. The fourth-order valence-electron chi connectivity index (χ4n) is 12.1. The van der Waals surface area contributed by atoms with Crippen LogP contribution in [0.3, 0.4) is 0 Å². The zero-order chi connectivity index (χ0) is 49.5. The van der Waals surface area contributed by atoms with Crippen molar-refractivity contribution in [2.24, 2.45) is 5.92 Å². The van der Waals surface area contributed by atoms with Crippen LogP contribution < -0.4 is 4.90 Å². The molecule has 10 aromatic carbocycles. The predicted octanol–water partition coefficient (Wildman–Crippen LogP) is 20.0. The third-order valence-corrected chi connectivity index (χ3v) is 16.1. The van der Waals surface area contributed by atoms with Gasteiger partial charge < -0.3 is 4.90 Å². The number of anilines is 3. The van der Waals surface area contributed by atoms with Gasteiger partial charge in [0.1, 0.15) is 0 Å². The van der Waals surface area contributed by atoms with E-state index >= 15 is 0 Å². The van der Waals surface area contributed by atoms with Crippen molar-refractivity contribution in [1.82, 2.24) is 0 Å². The van der Waals surface area contributed by atoms with Crippen molar-refractivity contribution < 1.29 is 0 Å². The second kappa shape index (κ2) is 17.2. The molecule has 2 aliphatic carbocycles. The number of fused-ring (bicyclic) bond motifs is 7. The van der Waals surface area contributed by atoms with Gasteiger partial charge in [-0.15, -0.1) is 0 Å². The van der Waals surface area contributed by atoms with Crippen LogP contribution in [0, 0.1) is 5.92 Å². The Hall–Kier alpha value is -7.74. The van der Waals surface area contributed by atoms with Crippen molar-refractivity contribution in [1.29, 1.82) is 0 Å². The average Bonchev–Trinajstić information content (AvgIpc) is 3.63. The maximum Gasteiger partial charge on any atom is 0.0540 e. The first-order chi connectivity index (χ1) is 34.7. The molecule has 0 aliphatic heterocycles. The fourth-order valence-corrected chi connectivity index (χ4v) is 12.1. The fraction of sp³-hybridized carbons (Fsp3) is 0.183. The molecule has 352 valence electrons. The van der Waals surface area contributed by atoms with E-state index in [1.807, 2.05) is 0 Å². The molecule has 0 radical (unpaired) electrons. The van der Waals surface area contributed by atoms with Crippen LogP contribution in [0.25, 0.3) is 76.8 Å². The van der Waals surface area contributed by atoms with Crippen molar-refractivity contribution in [2.45, 2.75) is 77.6 Å². The Labute approximate surface area is 426 Å². The van der Waals surface area contributed by atoms with E-state index in [2.05, 4.69) is 285 Å². The first kappa shape index (κ1) is 45.4. The molecule has 2 atom stereocenters. The molecular formula is C71H63N. The van der Waals surface area contributed by atoms with E-state index in [1.165, 1.54) is 99.1 Å². The molecule has 0 heterocycles. The van der Waals surface area contributed by atoms with E-state index in [0.29, 0.717) is 11.8 Å². The minimum Gasteiger partial charge on any atom is -0.310 e. The smallest absolute Gasteiger partial charge is 0.0540 e. The summed E-state index contributed by atoms with van der Waals surface area (Å²) < 4.78 is 0. The van der Waals surface area contributed by atoms with Gasteiger partial charge in [-0.2, -0.15) is 0 Å². The second-order valence-electron chi connectivity index (χ2n) is 23.0. The molecule has 0 saturated carbocycles. The highest BCUT2D eigenvalue weighted by molar-refractivity contribution is 6.12. The number of benzene rings is 10. The van der Waals surface area contributed by atoms with E-state index in [1.54, 1.807) is 0 Å². The first-order valence-corrected chi connectivity index (χ1v) is 25.9. The van der Waals surface area contributed by atoms with Gasteiger partial charge in [0.05, 0.1) is 5.69 Å². The minimum absolute atomic E-state index is 0.00650. The highest BCUT2D eigenvalue weighted by Crippen LogP contribution is 2.56. The van der Waals surface area contributed by atoms with Crippen molar-refractivity contribution in [3.8, 4) is 44.5 Å². The van der Waals surface area contributed by atoms with Gasteiger partial charge in [0.15, 0.2) is 0 Å². The van der Waals surface area contributed by atoms with E-state index in [-0.39, 0.29) is 16.2 Å². The van der Waals surface area contributed by atoms with E-state index in [9.17, 15) is 0 Å². The van der Waals surface area contributed by atoms with E-state index in [0.717, 1.165) is 17.1 Å². The highest BCUT2D eigenvalue weighted by Gasteiger charge is 2.45. The molecular weight excluding hydrogens is 867 g/mol. The molecule has 10 aromatic rings. The zero-order valence-electron chi connectivity index (χ0n) is 43.0. The van der Waals surface area contributed by atoms with Crippen LogP contribution in [0.5, 0.6) is 0 Å². The molecule has 72 heavy (non-hydrogen) atoms. The van der Waals surface area contributed by atoms with Crippen molar-refractivity contribution in [3.63, 3.8) is 0 Å². The minimum atomic E-state index is -0.00650. The molecule has 0 fully saturated rings. The molecule has 2 aliphatic rings. The second-order valence-corrected chi connectivity index (χ2v) is 23.0. The predicted molar refractivity (Wildman–Crippen MR) is 310 cm³/mol. The van der Waals surface area contributed by atoms with E-state index in [4.69, 9.17) is 0 Å². The molecule has 2 unspecified atom stereocenters. The number of nitrogens with zero attached hydrogens (tertiary/aromatic N) is 1. The molecule has 1 nitrogen and oxygen atoms in total. The van der Waals surface area contributed by atoms with Gasteiger partial charge in [0, 0.05) is 22.9 Å². The molecule has 0 spiro atoms. The highest BCUT2D eigenvalue weighted by atomic mass is 15.1. The maximum atomic E-state index is 2.47. The summed E-state index contributed by atoms with van der Waals surface area (Å²) in [6, 6.07) is 75.6. The lowest BCUT2D eigenvalue weighted by atomic mass is 9.74. The van der Waals surface area contributed by atoms with Gasteiger partial charge in [0.2, 0.25) is 0 Å². The van der Waals surface area contributed by atoms with Gasteiger partial charge in [-0.05, 0) is 146 Å². The van der Waals surface area contributed by atoms with Gasteiger partial charge in [-0.1, -0.05) is 250 Å². The van der Waals surface area contributed by atoms with Gasteiger partial charge in [0.25, 0.3) is 0 Å². The zero-order valence-corrected chi connectivity index (χ0v) is 43.0. The Morgan fingerprint density at radius 2 is 0.944 bits per heavy atom. The summed E-state index contributed by atoms with van der Waals surface area (Å²) >= 11 is 0. The Morgan fingerprint density at radius 3 is 1.65 bits per heavy atom. The van der Waals surface area contributed by atoms with E-state index < -0.39 is 0 Å². The molecule has 1 heteroatoms. The SMILES string of the molecule is CC(C)(C)c1cc(-c2cccc3cccc(-c4ccccc4N(c4ccc(-c5cccc6c5C5C=CC=CC5C6(C)C)cc4)c4ccc(-c5cccc6c5ccc5ccccc56)cc4)c23)cc(C(C)(C)C)c1. The average molecular weight is 930 g/mol. The largest absolute Gasteiger partial charge is 0.310 e. The van der Waals surface area contributed by atoms with Crippen LogP contribution in [0.15, 0.2) is 224 Å². The summed E-state index contributed by atoms with van der Waals surface area (Å²) in [6.07, 6.45) is 9.31. The van der Waals surface area contributed by atoms with Crippen LogP contribution in [-0.2, 0) is 16.2 Å². The van der Waals surface area contributed by atoms with Crippen LogP contribution in [0.2, 0.25) is 0 Å². The van der Waals surface area contributed by atoms with Crippen LogP contribution in [0.4, 0.5) is 17.1 Å². The van der Waals surface area contributed by atoms with Gasteiger partial charge in [-0.3, -0.25) is 0 Å². The number of para-hydroxylation sites is 1. The van der Waals surface area contributed by atoms with Gasteiger partial charge in [-0.25, -0.2) is 0 Å². The molecule has 0 amide bonds. The molecule has 12 rings (SSSR count). The molecule has 0 N–H and O–H groups in total. The molecule has 0 aromatic heterocycles. The Bertz CT molecular complexity index is 3750. The third kappa shape index (κ3) is 7.69. The summed E-state index contributed by atoms with van der Waals surface area (Å²) in [5.74, 6) is 0.804. The normalized spacial score (nSPS) is 16.1. The number of hydrogen-bond donors (Lipinski definition) is 0. The topological polar surface area (TPSA) is 3.24 Å². The summed E-state index contributed by atoms with van der Waals surface area (Å²) in [7, 11) is 0. The van der Waals surface area contributed by atoms with Crippen LogP contribution in [-0.4, -0.2) is 0 Å². The summed E-state index contributed by atoms with van der Waals surface area (Å²) in [5.41, 5.74) is 18.9. The first-order valence-electron chi connectivity index (χ1n) is 25.9. The summed E-state index contributed by atoms with van der Waals surface area (Å²) in [4.78, 5) is 2.47. The Kier molecular flexibility index (Phi) is 10.9. The Morgan fingerprint density at radius 1 is 0.403 bits per heavy atom. The van der Waals surface area contributed by atoms with Crippen molar-refractivity contribution >= 4 is 49.4 Å². The van der Waals surface area contributed by atoms with Crippen LogP contribution >= 0.6 is 0 Å². The standard InChI is InChI=1S/C71H63N/c1-69(2,3)51-43-50(44-52(45-51)70(4,5)6)58-26-15-20-49-21-16-29-62(67(49)58)61-23-12-14-32-66(61)72(53-38-33-47(34-39-53)56-25-17-28-59-55-22-10-9-19-46(55)37-42-60(56)59)54-40-35-48(36-41-54)57-27-18-31-65-68(57)63-24-11-13-30-64(63)71(65,7)8/h9-45,63-64H,1-8H3. The third-order valence-electron chi connectivity index (χ3n) is 16.1. The van der Waals surface area contributed by atoms with Gasteiger partial charge >= 0.3 is 0 Å². The number of rotatable bonds is 7. The number of hydrogen-bond acceptors (Lipinski definition) is 1. The monoisotopic (exact) mass is 929 g/mol. The Balaban J connectivity index is 1.03. The summed E-state index contributed by atoms with van der Waals surface area (Å²) in [6.45, 7) is 18.8. The van der Waals surface area contributed by atoms with Crippen molar-refractivity contribution in [2.75, 3.05) is 4.90 Å². The lowest BCUT2D eigenvalue weighted by Gasteiger charge is -2.29. The number of allylic oxidation sites excluding steroid dienone is 4. The van der Waals surface area contributed by atoms with Crippen LogP contribution in [0.1, 0.15) is 83.6 Å². The molecule has 0 bridgehead atoms.